The van der Waals surface area contributed by atoms with E-state index in [1.54, 1.807) is 17.7 Å². The average Bonchev–Trinajstić information content (AvgIpc) is 2.69. The lowest BCUT2D eigenvalue weighted by Crippen LogP contribution is -2.04. The molecule has 100 valence electrons. The summed E-state index contributed by atoms with van der Waals surface area (Å²) in [5, 5.41) is 5.08. The summed E-state index contributed by atoms with van der Waals surface area (Å²) in [5.41, 5.74) is 2.46. The quantitative estimate of drug-likeness (QED) is 0.796. The van der Waals surface area contributed by atoms with Crippen molar-refractivity contribution in [1.82, 2.24) is 9.78 Å². The van der Waals surface area contributed by atoms with E-state index in [0.29, 0.717) is 10.7 Å². The SMILES string of the molecule is COC(=O)c1nn(-c2ccc(C)c(Cl)c2)c(C)c1Cl. The largest absolute Gasteiger partial charge is 0.464 e. The van der Waals surface area contributed by atoms with Crippen LogP contribution in [0.1, 0.15) is 21.7 Å². The number of esters is 1. The molecule has 0 radical (unpaired) electrons. The first-order valence-corrected chi connectivity index (χ1v) is 6.31. The lowest BCUT2D eigenvalue weighted by Gasteiger charge is -2.06. The van der Waals surface area contributed by atoms with Crippen molar-refractivity contribution in [3.8, 4) is 5.69 Å². The van der Waals surface area contributed by atoms with Gasteiger partial charge in [-0.2, -0.15) is 5.10 Å². The van der Waals surface area contributed by atoms with Gasteiger partial charge < -0.3 is 4.74 Å². The van der Waals surface area contributed by atoms with Crippen molar-refractivity contribution < 1.29 is 9.53 Å². The Hall–Kier alpha value is -1.52. The Kier molecular flexibility index (Phi) is 3.83. The number of aromatic nitrogens is 2. The van der Waals surface area contributed by atoms with Crippen LogP contribution in [0.25, 0.3) is 5.69 Å². The molecule has 0 unspecified atom stereocenters. The molecule has 0 spiro atoms. The molecular formula is C13H12Cl2N2O2. The molecule has 19 heavy (non-hydrogen) atoms. The van der Waals surface area contributed by atoms with Crippen LogP contribution in [0.15, 0.2) is 18.2 Å². The van der Waals surface area contributed by atoms with Gasteiger partial charge in [0.05, 0.1) is 23.5 Å². The second-order valence-electron chi connectivity index (χ2n) is 4.08. The fraction of sp³-hybridized carbons (Fsp3) is 0.231. The molecule has 0 atom stereocenters. The lowest BCUT2D eigenvalue weighted by atomic mass is 10.2. The molecule has 1 aromatic carbocycles. The van der Waals surface area contributed by atoms with Crippen LogP contribution < -0.4 is 0 Å². The van der Waals surface area contributed by atoms with Crippen LogP contribution in [0.2, 0.25) is 10.0 Å². The van der Waals surface area contributed by atoms with E-state index < -0.39 is 5.97 Å². The third-order valence-electron chi connectivity index (χ3n) is 2.82. The van der Waals surface area contributed by atoms with Crippen molar-refractivity contribution in [3.05, 3.63) is 45.2 Å². The van der Waals surface area contributed by atoms with Gasteiger partial charge in [-0.1, -0.05) is 29.3 Å². The van der Waals surface area contributed by atoms with Gasteiger partial charge in [0.1, 0.15) is 0 Å². The summed E-state index contributed by atoms with van der Waals surface area (Å²) >= 11 is 12.2. The van der Waals surface area contributed by atoms with Crippen LogP contribution in [0, 0.1) is 13.8 Å². The Balaban J connectivity index is 2.57. The van der Waals surface area contributed by atoms with E-state index in [2.05, 4.69) is 9.84 Å². The minimum absolute atomic E-state index is 0.0957. The Labute approximate surface area is 120 Å². The molecule has 1 aromatic heterocycles. The summed E-state index contributed by atoms with van der Waals surface area (Å²) in [5.74, 6) is -0.565. The molecular weight excluding hydrogens is 287 g/mol. The van der Waals surface area contributed by atoms with E-state index in [4.69, 9.17) is 23.2 Å². The van der Waals surface area contributed by atoms with Gasteiger partial charge in [-0.15, -0.1) is 0 Å². The maximum Gasteiger partial charge on any atom is 0.360 e. The standard InChI is InChI=1S/C13H12Cl2N2O2/c1-7-4-5-9(6-10(7)14)17-8(2)11(15)12(16-17)13(18)19-3/h4-6H,1-3H3. The molecule has 0 N–H and O–H groups in total. The number of carbonyl (C=O) groups excluding carboxylic acids is 1. The molecule has 0 aliphatic rings. The Morgan fingerprint density at radius 2 is 2.00 bits per heavy atom. The van der Waals surface area contributed by atoms with E-state index in [-0.39, 0.29) is 10.7 Å². The molecule has 0 fully saturated rings. The van der Waals surface area contributed by atoms with Gasteiger partial charge in [0.25, 0.3) is 0 Å². The maximum atomic E-state index is 11.5. The third-order valence-corrected chi connectivity index (χ3v) is 3.68. The molecule has 6 heteroatoms. The number of rotatable bonds is 2. The molecule has 0 bridgehead atoms. The van der Waals surface area contributed by atoms with Crippen molar-refractivity contribution in [2.45, 2.75) is 13.8 Å². The average molecular weight is 299 g/mol. The zero-order chi connectivity index (χ0) is 14.2. The predicted molar refractivity (Wildman–Crippen MR) is 74.4 cm³/mol. The Bertz CT molecular complexity index is 650. The topological polar surface area (TPSA) is 44.1 Å². The number of halogens is 2. The zero-order valence-corrected chi connectivity index (χ0v) is 12.2. The summed E-state index contributed by atoms with van der Waals surface area (Å²) in [6.07, 6.45) is 0. The number of ether oxygens (including phenoxy) is 1. The number of nitrogens with zero attached hydrogens (tertiary/aromatic N) is 2. The van der Waals surface area contributed by atoms with E-state index in [0.717, 1.165) is 11.3 Å². The van der Waals surface area contributed by atoms with Crippen LogP contribution in [-0.4, -0.2) is 22.9 Å². The van der Waals surface area contributed by atoms with Gasteiger partial charge in [-0.25, -0.2) is 9.48 Å². The summed E-state index contributed by atoms with van der Waals surface area (Å²) in [6, 6.07) is 5.51. The van der Waals surface area contributed by atoms with Gasteiger partial charge >= 0.3 is 5.97 Å². The minimum atomic E-state index is -0.565. The molecule has 0 aliphatic carbocycles. The number of methoxy groups -OCH3 is 1. The first-order chi connectivity index (χ1) is 8.95. The number of carbonyl (C=O) groups is 1. The van der Waals surface area contributed by atoms with E-state index >= 15 is 0 Å². The first-order valence-electron chi connectivity index (χ1n) is 5.55. The molecule has 0 saturated heterocycles. The predicted octanol–water partition coefficient (Wildman–Crippen LogP) is 3.58. The van der Waals surface area contributed by atoms with Crippen LogP contribution in [0.4, 0.5) is 0 Å². The lowest BCUT2D eigenvalue weighted by molar-refractivity contribution is 0.0593. The van der Waals surface area contributed by atoms with Gasteiger partial charge in [0.2, 0.25) is 0 Å². The van der Waals surface area contributed by atoms with Crippen LogP contribution in [-0.2, 0) is 4.74 Å². The van der Waals surface area contributed by atoms with Gasteiger partial charge in [-0.3, -0.25) is 0 Å². The van der Waals surface area contributed by atoms with Gasteiger partial charge in [-0.05, 0) is 31.5 Å². The minimum Gasteiger partial charge on any atom is -0.464 e. The number of hydrogen-bond acceptors (Lipinski definition) is 3. The fourth-order valence-electron chi connectivity index (χ4n) is 1.68. The summed E-state index contributed by atoms with van der Waals surface area (Å²) in [6.45, 7) is 3.68. The molecule has 2 rings (SSSR count). The highest BCUT2D eigenvalue weighted by molar-refractivity contribution is 6.34. The van der Waals surface area contributed by atoms with E-state index in [9.17, 15) is 4.79 Å². The van der Waals surface area contributed by atoms with Crippen LogP contribution in [0.5, 0.6) is 0 Å². The van der Waals surface area contributed by atoms with Crippen molar-refractivity contribution >= 4 is 29.2 Å². The summed E-state index contributed by atoms with van der Waals surface area (Å²) in [7, 11) is 1.29. The molecule has 0 aliphatic heterocycles. The highest BCUT2D eigenvalue weighted by Gasteiger charge is 2.20. The summed E-state index contributed by atoms with van der Waals surface area (Å²) < 4.78 is 6.21. The van der Waals surface area contributed by atoms with Gasteiger partial charge in [0.15, 0.2) is 5.69 Å². The highest BCUT2D eigenvalue weighted by Crippen LogP contribution is 2.26. The molecule has 2 aromatic rings. The second-order valence-corrected chi connectivity index (χ2v) is 4.87. The molecule has 4 nitrogen and oxygen atoms in total. The number of aryl methyl sites for hydroxylation is 1. The number of benzene rings is 1. The van der Waals surface area contributed by atoms with E-state index in [1.807, 2.05) is 19.1 Å². The maximum absolute atomic E-state index is 11.5. The molecule has 0 amide bonds. The van der Waals surface area contributed by atoms with Crippen LogP contribution >= 0.6 is 23.2 Å². The second kappa shape index (κ2) is 5.23. The molecule has 1 heterocycles. The van der Waals surface area contributed by atoms with Gasteiger partial charge in [0, 0.05) is 5.02 Å². The van der Waals surface area contributed by atoms with Crippen molar-refractivity contribution in [3.63, 3.8) is 0 Å². The van der Waals surface area contributed by atoms with Crippen molar-refractivity contribution in [2.24, 2.45) is 0 Å². The smallest absolute Gasteiger partial charge is 0.360 e. The monoisotopic (exact) mass is 298 g/mol. The van der Waals surface area contributed by atoms with Crippen LogP contribution in [0.3, 0.4) is 0 Å². The summed E-state index contributed by atoms with van der Waals surface area (Å²) in [4.78, 5) is 11.5. The fourth-order valence-corrected chi connectivity index (χ4v) is 2.05. The third kappa shape index (κ3) is 2.46. The zero-order valence-electron chi connectivity index (χ0n) is 10.7. The number of hydrogen-bond donors (Lipinski definition) is 0. The Morgan fingerprint density at radius 3 is 2.58 bits per heavy atom. The molecule has 0 saturated carbocycles. The Morgan fingerprint density at radius 1 is 1.32 bits per heavy atom. The van der Waals surface area contributed by atoms with E-state index in [1.165, 1.54) is 7.11 Å². The van der Waals surface area contributed by atoms with Crippen molar-refractivity contribution in [1.29, 1.82) is 0 Å². The highest BCUT2D eigenvalue weighted by atomic mass is 35.5. The normalized spacial score (nSPS) is 10.6. The first kappa shape index (κ1) is 13.9. The van der Waals surface area contributed by atoms with Crippen molar-refractivity contribution in [2.75, 3.05) is 7.11 Å².